The lowest BCUT2D eigenvalue weighted by Gasteiger charge is -2.12. The van der Waals surface area contributed by atoms with Crippen LogP contribution in [0.1, 0.15) is 43.7 Å². The monoisotopic (exact) mass is 385 g/mol. The Morgan fingerprint density at radius 2 is 1.83 bits per heavy atom. The third kappa shape index (κ3) is 3.41. The van der Waals surface area contributed by atoms with E-state index in [-0.39, 0.29) is 0 Å². The fraction of sp³-hybridized carbons (Fsp3) is 0.333. The van der Waals surface area contributed by atoms with E-state index in [0.717, 1.165) is 23.3 Å². The second kappa shape index (κ2) is 7.07. The lowest BCUT2D eigenvalue weighted by Crippen LogP contribution is -2.07. The molecule has 0 amide bonds. The molecule has 0 aliphatic heterocycles. The molecule has 4 aromatic rings. The number of hydrogen-bond donors (Lipinski definition) is 2. The summed E-state index contributed by atoms with van der Waals surface area (Å²) in [5.41, 5.74) is 4.86. The van der Waals surface area contributed by atoms with E-state index >= 15 is 0 Å². The van der Waals surface area contributed by atoms with Gasteiger partial charge in [-0.1, -0.05) is 38.1 Å². The predicted octanol–water partition coefficient (Wildman–Crippen LogP) is 5.37. The zero-order valence-electron chi connectivity index (χ0n) is 17.2. The van der Waals surface area contributed by atoms with Crippen LogP contribution in [0, 0.1) is 0 Å². The van der Waals surface area contributed by atoms with Gasteiger partial charge >= 0.3 is 0 Å². The average Bonchev–Trinajstić information content (AvgIpc) is 3.45. The molecule has 0 spiro atoms. The van der Waals surface area contributed by atoms with E-state index in [0.29, 0.717) is 17.9 Å². The number of rotatable bonds is 6. The van der Waals surface area contributed by atoms with Gasteiger partial charge in [0, 0.05) is 36.7 Å². The third-order valence-electron chi connectivity index (χ3n) is 5.76. The summed E-state index contributed by atoms with van der Waals surface area (Å²) < 4.78 is 2.30. The molecule has 1 aliphatic rings. The molecule has 2 aromatic heterocycles. The molecule has 0 atom stereocenters. The van der Waals surface area contributed by atoms with Gasteiger partial charge < -0.3 is 15.2 Å². The Kier molecular flexibility index (Phi) is 4.38. The zero-order valence-corrected chi connectivity index (χ0v) is 17.2. The molecule has 2 N–H and O–H groups in total. The minimum Gasteiger partial charge on any atom is -0.372 e. The van der Waals surface area contributed by atoms with Crippen molar-refractivity contribution < 1.29 is 0 Å². The number of nitrogens with one attached hydrogen (secondary N) is 2. The van der Waals surface area contributed by atoms with Crippen LogP contribution >= 0.6 is 0 Å². The molecule has 2 heterocycles. The van der Waals surface area contributed by atoms with Crippen molar-refractivity contribution in [3.63, 3.8) is 0 Å². The standard InChI is InChI=1S/C24H27N5/c1-15(2)17-6-4-16(5-7-17)14-29-13-12-19-21(29)11-10-20-22(19)23(25-3)28-24(27-20)26-18-8-9-18/h4-7,10-13,15,18H,8-9,14H2,1-3H3,(H2,25,26,27,28). The first-order valence-electron chi connectivity index (χ1n) is 10.4. The number of benzene rings is 2. The van der Waals surface area contributed by atoms with Crippen molar-refractivity contribution in [2.24, 2.45) is 0 Å². The third-order valence-corrected chi connectivity index (χ3v) is 5.76. The Balaban J connectivity index is 1.53. The molecular weight excluding hydrogens is 358 g/mol. The van der Waals surface area contributed by atoms with Crippen LogP contribution in [0.4, 0.5) is 11.8 Å². The number of hydrogen-bond acceptors (Lipinski definition) is 4. The van der Waals surface area contributed by atoms with Crippen molar-refractivity contribution in [3.05, 3.63) is 59.8 Å². The summed E-state index contributed by atoms with van der Waals surface area (Å²) in [4.78, 5) is 9.49. The number of anilines is 2. The van der Waals surface area contributed by atoms with E-state index in [9.17, 15) is 0 Å². The maximum atomic E-state index is 4.76. The molecular formula is C24H27N5. The molecule has 0 radical (unpaired) electrons. The number of fused-ring (bicyclic) bond motifs is 3. The maximum absolute atomic E-state index is 4.76. The van der Waals surface area contributed by atoms with Gasteiger partial charge in [-0.05, 0) is 48.1 Å². The molecule has 1 fully saturated rings. The smallest absolute Gasteiger partial charge is 0.225 e. The van der Waals surface area contributed by atoms with Gasteiger partial charge in [0.25, 0.3) is 0 Å². The van der Waals surface area contributed by atoms with Crippen molar-refractivity contribution in [1.29, 1.82) is 0 Å². The Morgan fingerprint density at radius 1 is 1.03 bits per heavy atom. The van der Waals surface area contributed by atoms with Crippen molar-refractivity contribution in [2.75, 3.05) is 17.7 Å². The van der Waals surface area contributed by atoms with Gasteiger partial charge in [-0.15, -0.1) is 0 Å². The van der Waals surface area contributed by atoms with Crippen LogP contribution in [0.3, 0.4) is 0 Å². The van der Waals surface area contributed by atoms with Crippen LogP contribution in [0.2, 0.25) is 0 Å². The lowest BCUT2D eigenvalue weighted by molar-refractivity contribution is 0.829. The summed E-state index contributed by atoms with van der Waals surface area (Å²) in [6.45, 7) is 5.31. The summed E-state index contributed by atoms with van der Waals surface area (Å²) in [5.74, 6) is 2.15. The van der Waals surface area contributed by atoms with Gasteiger partial charge in [0.15, 0.2) is 0 Å². The molecule has 0 bridgehead atoms. The average molecular weight is 386 g/mol. The zero-order chi connectivity index (χ0) is 20.0. The molecule has 2 aromatic carbocycles. The first-order chi connectivity index (χ1) is 14.1. The summed E-state index contributed by atoms with van der Waals surface area (Å²) >= 11 is 0. The van der Waals surface area contributed by atoms with Gasteiger partial charge in [0.2, 0.25) is 5.95 Å². The molecule has 1 aliphatic carbocycles. The minimum absolute atomic E-state index is 0.532. The molecule has 5 heteroatoms. The highest BCUT2D eigenvalue weighted by atomic mass is 15.2. The van der Waals surface area contributed by atoms with Gasteiger partial charge in [0.05, 0.1) is 10.9 Å². The molecule has 0 saturated heterocycles. The van der Waals surface area contributed by atoms with E-state index in [1.54, 1.807) is 0 Å². The van der Waals surface area contributed by atoms with E-state index in [1.807, 2.05) is 7.05 Å². The van der Waals surface area contributed by atoms with Crippen molar-refractivity contribution in [2.45, 2.75) is 45.2 Å². The van der Waals surface area contributed by atoms with Crippen molar-refractivity contribution >= 4 is 33.6 Å². The van der Waals surface area contributed by atoms with Crippen LogP contribution in [-0.4, -0.2) is 27.6 Å². The quantitative estimate of drug-likeness (QED) is 0.468. The minimum atomic E-state index is 0.532. The van der Waals surface area contributed by atoms with E-state index in [1.165, 1.54) is 34.9 Å². The van der Waals surface area contributed by atoms with Crippen LogP contribution in [0.15, 0.2) is 48.7 Å². The summed E-state index contributed by atoms with van der Waals surface area (Å²) in [5, 5.41) is 8.95. The normalized spacial score (nSPS) is 14.1. The van der Waals surface area contributed by atoms with Gasteiger partial charge in [-0.3, -0.25) is 0 Å². The molecule has 1 saturated carbocycles. The van der Waals surface area contributed by atoms with Crippen molar-refractivity contribution in [3.8, 4) is 0 Å². The fourth-order valence-corrected chi connectivity index (χ4v) is 3.90. The highest BCUT2D eigenvalue weighted by Gasteiger charge is 2.23. The highest BCUT2D eigenvalue weighted by molar-refractivity contribution is 6.11. The molecule has 29 heavy (non-hydrogen) atoms. The van der Waals surface area contributed by atoms with Crippen LogP contribution in [0.25, 0.3) is 21.8 Å². The maximum Gasteiger partial charge on any atom is 0.225 e. The highest BCUT2D eigenvalue weighted by Crippen LogP contribution is 2.32. The molecule has 0 unspecified atom stereocenters. The van der Waals surface area contributed by atoms with Crippen LogP contribution in [0.5, 0.6) is 0 Å². The van der Waals surface area contributed by atoms with Gasteiger partial charge in [-0.2, -0.15) is 4.98 Å². The number of nitrogens with zero attached hydrogens (tertiary/aromatic N) is 3. The fourth-order valence-electron chi connectivity index (χ4n) is 3.90. The second-order valence-corrected chi connectivity index (χ2v) is 8.30. The lowest BCUT2D eigenvalue weighted by atomic mass is 10.0. The number of aromatic nitrogens is 3. The molecule has 148 valence electrons. The largest absolute Gasteiger partial charge is 0.372 e. The van der Waals surface area contributed by atoms with Crippen LogP contribution in [-0.2, 0) is 6.54 Å². The SMILES string of the molecule is CNc1nc(NC2CC2)nc2ccc3c(ccn3Cc3ccc(C(C)C)cc3)c12. The summed E-state index contributed by atoms with van der Waals surface area (Å²) in [6.07, 6.45) is 4.57. The van der Waals surface area contributed by atoms with Gasteiger partial charge in [0.1, 0.15) is 5.82 Å². The van der Waals surface area contributed by atoms with E-state index in [4.69, 9.17) is 9.97 Å². The second-order valence-electron chi connectivity index (χ2n) is 8.30. The van der Waals surface area contributed by atoms with Gasteiger partial charge in [-0.25, -0.2) is 4.98 Å². The van der Waals surface area contributed by atoms with E-state index < -0.39 is 0 Å². The summed E-state index contributed by atoms with van der Waals surface area (Å²) in [6, 6.07) is 15.9. The Bertz CT molecular complexity index is 1170. The summed E-state index contributed by atoms with van der Waals surface area (Å²) in [7, 11) is 1.93. The topological polar surface area (TPSA) is 54.8 Å². The molecule has 5 nitrogen and oxygen atoms in total. The van der Waals surface area contributed by atoms with Crippen LogP contribution < -0.4 is 10.6 Å². The van der Waals surface area contributed by atoms with E-state index in [2.05, 4.69) is 77.7 Å². The Labute approximate surface area is 171 Å². The van der Waals surface area contributed by atoms with Crippen molar-refractivity contribution in [1.82, 2.24) is 14.5 Å². The predicted molar refractivity (Wildman–Crippen MR) is 121 cm³/mol. The Hall–Kier alpha value is -3.08. The first kappa shape index (κ1) is 18.0. The first-order valence-corrected chi connectivity index (χ1v) is 10.4. The molecule has 5 rings (SSSR count). The Morgan fingerprint density at radius 3 is 2.52 bits per heavy atom.